The predicted molar refractivity (Wildman–Crippen MR) is 151 cm³/mol. The number of rotatable bonds is 2. The third kappa shape index (κ3) is 7.20. The number of carboxylic acids is 2. The molecule has 0 saturated carbocycles. The first-order valence-electron chi connectivity index (χ1n) is 12.0. The Morgan fingerprint density at radius 1 is 0.550 bits per heavy atom. The number of pyridine rings is 2. The Balaban J connectivity index is 0.000000165. The molecule has 194 valence electrons. The van der Waals surface area contributed by atoms with Crippen LogP contribution in [0, 0.1) is 13.8 Å². The van der Waals surface area contributed by atoms with Crippen molar-refractivity contribution in [2.24, 2.45) is 0 Å². The quantitative estimate of drug-likeness (QED) is 0.307. The molecule has 6 rings (SSSR count). The van der Waals surface area contributed by atoms with Gasteiger partial charge in [-0.1, -0.05) is 91.0 Å². The number of fused-ring (bicyclic) bond motifs is 3. The van der Waals surface area contributed by atoms with Crippen LogP contribution in [0.2, 0.25) is 0 Å². The maximum absolute atomic E-state index is 10.9. The molecular formula is C32H23AlN2O5. The van der Waals surface area contributed by atoms with E-state index in [1.54, 1.807) is 24.3 Å². The number of para-hydroxylation sites is 2. The number of carbonyl (C=O) groups is 2. The molecule has 0 amide bonds. The van der Waals surface area contributed by atoms with Gasteiger partial charge < -0.3 is 24.9 Å². The summed E-state index contributed by atoms with van der Waals surface area (Å²) in [7, 11) is 0. The van der Waals surface area contributed by atoms with E-state index < -0.39 is 11.9 Å². The van der Waals surface area contributed by atoms with Gasteiger partial charge in [0.2, 0.25) is 0 Å². The summed E-state index contributed by atoms with van der Waals surface area (Å²) in [6, 6.07) is 30.3. The first-order valence-corrected chi connectivity index (χ1v) is 12.0. The molecule has 0 fully saturated rings. The van der Waals surface area contributed by atoms with E-state index in [1.807, 2.05) is 80.6 Å². The van der Waals surface area contributed by atoms with E-state index >= 15 is 0 Å². The van der Waals surface area contributed by atoms with E-state index in [4.69, 9.17) is 0 Å². The van der Waals surface area contributed by atoms with Crippen molar-refractivity contribution < 1.29 is 24.9 Å². The summed E-state index contributed by atoms with van der Waals surface area (Å²) in [5, 5.41) is 36.2. The van der Waals surface area contributed by atoms with E-state index in [1.165, 1.54) is 12.1 Å². The molecule has 0 aliphatic heterocycles. The van der Waals surface area contributed by atoms with Crippen molar-refractivity contribution in [3.8, 4) is 5.75 Å². The summed E-state index contributed by atoms with van der Waals surface area (Å²) < 4.78 is 0. The Morgan fingerprint density at radius 3 is 1.45 bits per heavy atom. The summed E-state index contributed by atoms with van der Waals surface area (Å²) in [6.07, 6.45) is 0. The minimum Gasteiger partial charge on any atom is -0.872 e. The molecule has 0 spiro atoms. The van der Waals surface area contributed by atoms with E-state index in [0.717, 1.165) is 32.9 Å². The molecule has 0 N–H and O–H groups in total. The summed E-state index contributed by atoms with van der Waals surface area (Å²) >= 11 is 0. The van der Waals surface area contributed by atoms with Gasteiger partial charge in [-0.2, -0.15) is 0 Å². The maximum Gasteiger partial charge on any atom is 3.00 e. The molecule has 40 heavy (non-hydrogen) atoms. The summed E-state index contributed by atoms with van der Waals surface area (Å²) in [5.41, 5.74) is 2.87. The van der Waals surface area contributed by atoms with Crippen LogP contribution in [0.4, 0.5) is 0 Å². The standard InChI is InChI=1S/2C11H9NO2.C10H8O.Al/c2*1-7-5-6-8-3-2-4-9(11(13)14)10(8)12-7;11-10-6-5-8-3-1-2-4-9(8)7-10;/h2*2-6H,1H3,(H,13,14);1-7,11H;/q;;;+3/p-3. The fourth-order valence-electron chi connectivity index (χ4n) is 3.99. The van der Waals surface area contributed by atoms with Crippen LogP contribution in [0.3, 0.4) is 0 Å². The van der Waals surface area contributed by atoms with Crippen molar-refractivity contribution >= 4 is 61.9 Å². The Morgan fingerprint density at radius 2 is 0.975 bits per heavy atom. The third-order valence-corrected chi connectivity index (χ3v) is 5.88. The maximum atomic E-state index is 10.9. The van der Waals surface area contributed by atoms with E-state index in [2.05, 4.69) is 9.97 Å². The first kappa shape index (κ1) is 29.8. The van der Waals surface area contributed by atoms with Crippen molar-refractivity contribution in [1.82, 2.24) is 9.97 Å². The molecule has 2 aromatic heterocycles. The average Bonchev–Trinajstić information content (AvgIpc) is 2.92. The Labute approximate surface area is 241 Å². The minimum absolute atomic E-state index is 0. The van der Waals surface area contributed by atoms with Crippen LogP contribution >= 0.6 is 0 Å². The van der Waals surface area contributed by atoms with Crippen LogP contribution < -0.4 is 15.3 Å². The molecule has 0 aliphatic rings. The summed E-state index contributed by atoms with van der Waals surface area (Å²) in [4.78, 5) is 29.9. The van der Waals surface area contributed by atoms with Crippen molar-refractivity contribution in [2.75, 3.05) is 0 Å². The van der Waals surface area contributed by atoms with Crippen LogP contribution in [0.1, 0.15) is 32.1 Å². The second kappa shape index (κ2) is 13.3. The van der Waals surface area contributed by atoms with Gasteiger partial charge in [-0.05, 0) is 36.8 Å². The van der Waals surface area contributed by atoms with Crippen LogP contribution in [-0.2, 0) is 0 Å². The van der Waals surface area contributed by atoms with Gasteiger partial charge in [0, 0.05) is 33.3 Å². The number of carbonyl (C=O) groups excluding carboxylic acids is 2. The van der Waals surface area contributed by atoms with Gasteiger partial charge in [0.1, 0.15) is 0 Å². The fraction of sp³-hybridized carbons (Fsp3) is 0.0625. The van der Waals surface area contributed by atoms with E-state index in [0.29, 0.717) is 11.0 Å². The van der Waals surface area contributed by atoms with Gasteiger partial charge in [0.05, 0.1) is 23.0 Å². The minimum atomic E-state index is -1.19. The molecule has 0 radical (unpaired) electrons. The van der Waals surface area contributed by atoms with Gasteiger partial charge in [-0.3, -0.25) is 9.97 Å². The van der Waals surface area contributed by atoms with Crippen LogP contribution in [0.5, 0.6) is 5.75 Å². The molecule has 0 unspecified atom stereocenters. The largest absolute Gasteiger partial charge is 3.00 e. The monoisotopic (exact) mass is 542 g/mol. The number of benzene rings is 4. The Hall–Kier alpha value is -4.77. The van der Waals surface area contributed by atoms with Gasteiger partial charge >= 0.3 is 17.4 Å². The number of aryl methyl sites for hydroxylation is 2. The summed E-state index contributed by atoms with van der Waals surface area (Å²) in [6.45, 7) is 3.65. The van der Waals surface area contributed by atoms with Gasteiger partial charge in [0.15, 0.2) is 0 Å². The molecule has 0 bridgehead atoms. The predicted octanol–water partition coefficient (Wildman–Crippen LogP) is 3.35. The molecule has 0 aliphatic carbocycles. The molecular weight excluding hydrogens is 519 g/mol. The summed E-state index contributed by atoms with van der Waals surface area (Å²) in [5.74, 6) is -2.30. The molecule has 7 nitrogen and oxygen atoms in total. The normalized spacial score (nSPS) is 10.1. The second-order valence-electron chi connectivity index (χ2n) is 8.74. The zero-order valence-electron chi connectivity index (χ0n) is 21.8. The Kier molecular flexibility index (Phi) is 9.93. The number of hydrogen-bond donors (Lipinski definition) is 0. The number of nitrogens with zero attached hydrogens (tertiary/aromatic N) is 2. The zero-order valence-corrected chi connectivity index (χ0v) is 23.0. The van der Waals surface area contributed by atoms with Crippen LogP contribution in [-0.4, -0.2) is 39.3 Å². The number of aromatic nitrogens is 2. The Bertz CT molecular complexity index is 1730. The number of hydrogen-bond acceptors (Lipinski definition) is 7. The van der Waals surface area contributed by atoms with Gasteiger partial charge in [-0.15, -0.1) is 5.75 Å². The molecule has 2 heterocycles. The molecule has 6 aromatic rings. The van der Waals surface area contributed by atoms with E-state index in [-0.39, 0.29) is 34.2 Å². The zero-order chi connectivity index (χ0) is 27.9. The fourth-order valence-corrected chi connectivity index (χ4v) is 3.99. The molecule has 8 heteroatoms. The van der Waals surface area contributed by atoms with Crippen molar-refractivity contribution in [3.63, 3.8) is 0 Å². The van der Waals surface area contributed by atoms with Crippen LogP contribution in [0.25, 0.3) is 32.6 Å². The van der Waals surface area contributed by atoms with Crippen molar-refractivity contribution in [1.29, 1.82) is 0 Å². The molecule has 0 saturated heterocycles. The van der Waals surface area contributed by atoms with Crippen molar-refractivity contribution in [3.05, 3.63) is 126 Å². The third-order valence-electron chi connectivity index (χ3n) is 5.88. The van der Waals surface area contributed by atoms with Crippen LogP contribution in [0.15, 0.2) is 103 Å². The van der Waals surface area contributed by atoms with Gasteiger partial charge in [-0.25, -0.2) is 0 Å². The second-order valence-corrected chi connectivity index (χ2v) is 8.74. The van der Waals surface area contributed by atoms with Crippen molar-refractivity contribution in [2.45, 2.75) is 13.8 Å². The first-order chi connectivity index (χ1) is 18.7. The van der Waals surface area contributed by atoms with Gasteiger partial charge in [0.25, 0.3) is 0 Å². The SMILES string of the molecule is Cc1ccc2cccc(C(=O)[O-])c2n1.Cc1ccc2cccc(C(=O)[O-])c2n1.[Al+3].[O-]c1ccc2ccccc2c1. The number of carboxylic acid groups (broad SMARTS) is 2. The molecule has 4 aromatic carbocycles. The number of aromatic carboxylic acids is 2. The smallest absolute Gasteiger partial charge is 0.872 e. The molecule has 0 atom stereocenters. The topological polar surface area (TPSA) is 129 Å². The average molecular weight is 543 g/mol. The van der Waals surface area contributed by atoms with E-state index in [9.17, 15) is 24.9 Å².